The lowest BCUT2D eigenvalue weighted by molar-refractivity contribution is 0.0770. The zero-order valence-corrected chi connectivity index (χ0v) is 17.4. The van der Waals surface area contributed by atoms with E-state index in [0.29, 0.717) is 57.3 Å². The van der Waals surface area contributed by atoms with Crippen LogP contribution in [-0.2, 0) is 9.47 Å². The van der Waals surface area contributed by atoms with Crippen LogP contribution >= 0.6 is 0 Å². The minimum atomic E-state index is -0.521. The average Bonchev–Trinajstić information content (AvgIpc) is 2.99. The Balaban J connectivity index is 1.36. The molecule has 3 fully saturated rings. The number of hydrazine groups is 1. The number of urea groups is 1. The summed E-state index contributed by atoms with van der Waals surface area (Å²) < 4.78 is 25.4. The summed E-state index contributed by atoms with van der Waals surface area (Å²) in [5.74, 6) is -0.429. The van der Waals surface area contributed by atoms with Crippen LogP contribution in [0.1, 0.15) is 12.8 Å². The van der Waals surface area contributed by atoms with E-state index in [0.717, 1.165) is 12.8 Å². The van der Waals surface area contributed by atoms with Crippen molar-refractivity contribution < 1.29 is 23.5 Å². The summed E-state index contributed by atoms with van der Waals surface area (Å²) in [5, 5.41) is 4.58. The van der Waals surface area contributed by atoms with Gasteiger partial charge in [0.25, 0.3) is 0 Å². The summed E-state index contributed by atoms with van der Waals surface area (Å²) in [7, 11) is 0. The third-order valence-corrected chi connectivity index (χ3v) is 5.79. The van der Waals surface area contributed by atoms with Gasteiger partial charge < -0.3 is 25.4 Å². The summed E-state index contributed by atoms with van der Waals surface area (Å²) in [5.41, 5.74) is 9.54. The number of nitrogens with one attached hydrogen (secondary N) is 2. The van der Waals surface area contributed by atoms with E-state index in [1.807, 2.05) is 4.90 Å². The number of halogens is 1. The lowest BCUT2D eigenvalue weighted by atomic mass is 10.1. The van der Waals surface area contributed by atoms with E-state index in [4.69, 9.17) is 15.2 Å². The number of anilines is 2. The van der Waals surface area contributed by atoms with Crippen molar-refractivity contribution >= 4 is 23.5 Å². The first-order valence-corrected chi connectivity index (χ1v) is 10.7. The summed E-state index contributed by atoms with van der Waals surface area (Å²) in [4.78, 5) is 27.8. The maximum atomic E-state index is 14.9. The molecular weight excluding hydrogens is 407 g/mol. The molecule has 1 atom stereocenters. The third kappa shape index (κ3) is 5.00. The number of carbonyl (C=O) groups excluding carboxylic acids is 2. The second kappa shape index (κ2) is 9.67. The molecule has 3 aliphatic rings. The van der Waals surface area contributed by atoms with Gasteiger partial charge in [-0.1, -0.05) is 0 Å². The number of carbonyl (C=O) groups is 2. The molecule has 0 saturated carbocycles. The number of ether oxygens (including phenoxy) is 2. The number of amides is 3. The number of hydrogen-bond donors (Lipinski definition) is 3. The van der Waals surface area contributed by atoms with E-state index in [-0.39, 0.29) is 24.7 Å². The topological polar surface area (TPSA) is 112 Å². The van der Waals surface area contributed by atoms with Gasteiger partial charge in [-0.2, -0.15) is 0 Å². The van der Waals surface area contributed by atoms with Gasteiger partial charge in [0.05, 0.1) is 24.5 Å². The standard InChI is InChI=1S/C20H29FN6O4/c21-17-11-15(26-13-16(12-22)31-20(26)29)1-2-18(17)25-6-5-23-27(8-7-25)19(28)24-14-3-9-30-10-4-14/h1-2,11,14,16,23H,3-10,12-13,22H2,(H,24,28)/t16-/m0/s1. The molecule has 4 rings (SSSR count). The van der Waals surface area contributed by atoms with Crippen LogP contribution in [-0.4, -0.2) is 81.8 Å². The van der Waals surface area contributed by atoms with Crippen molar-refractivity contribution in [1.82, 2.24) is 15.8 Å². The van der Waals surface area contributed by atoms with Crippen molar-refractivity contribution in [3.05, 3.63) is 24.0 Å². The van der Waals surface area contributed by atoms with Crippen LogP contribution in [0.25, 0.3) is 0 Å². The minimum absolute atomic E-state index is 0.114. The molecule has 1 aromatic rings. The highest BCUT2D eigenvalue weighted by atomic mass is 19.1. The van der Waals surface area contributed by atoms with Crippen LogP contribution < -0.4 is 26.3 Å². The van der Waals surface area contributed by atoms with Crippen LogP contribution in [0.15, 0.2) is 18.2 Å². The molecular formula is C20H29FN6O4. The van der Waals surface area contributed by atoms with E-state index in [1.54, 1.807) is 17.1 Å². The Morgan fingerprint density at radius 1 is 1.26 bits per heavy atom. The summed E-state index contributed by atoms with van der Waals surface area (Å²) in [6, 6.07) is 4.64. The first kappa shape index (κ1) is 21.6. The third-order valence-electron chi connectivity index (χ3n) is 5.79. The second-order valence-corrected chi connectivity index (χ2v) is 7.87. The van der Waals surface area contributed by atoms with E-state index in [1.165, 1.54) is 11.0 Å². The zero-order valence-electron chi connectivity index (χ0n) is 17.4. The van der Waals surface area contributed by atoms with Gasteiger partial charge in [-0.15, -0.1) is 0 Å². The molecule has 11 heteroatoms. The molecule has 170 valence electrons. The molecule has 0 radical (unpaired) electrons. The highest BCUT2D eigenvalue weighted by Gasteiger charge is 2.32. The number of hydrogen-bond acceptors (Lipinski definition) is 7. The van der Waals surface area contributed by atoms with Gasteiger partial charge >= 0.3 is 12.1 Å². The van der Waals surface area contributed by atoms with Gasteiger partial charge in [0.1, 0.15) is 11.9 Å². The molecule has 31 heavy (non-hydrogen) atoms. The van der Waals surface area contributed by atoms with E-state index in [2.05, 4.69) is 10.7 Å². The molecule has 3 saturated heterocycles. The molecule has 3 heterocycles. The quantitative estimate of drug-likeness (QED) is 0.635. The predicted molar refractivity (Wildman–Crippen MR) is 112 cm³/mol. The SMILES string of the molecule is NC[C@H]1CN(c2ccc(N3CCNN(C(=O)NC4CCOCC4)CC3)c(F)c2)C(=O)O1. The van der Waals surface area contributed by atoms with Gasteiger partial charge in [-0.3, -0.25) is 9.91 Å². The molecule has 0 spiro atoms. The fraction of sp³-hybridized carbons (Fsp3) is 0.600. The number of cyclic esters (lactones) is 1. The largest absolute Gasteiger partial charge is 0.443 e. The van der Waals surface area contributed by atoms with Crippen LogP contribution in [0.3, 0.4) is 0 Å². The van der Waals surface area contributed by atoms with Crippen LogP contribution in [0.2, 0.25) is 0 Å². The van der Waals surface area contributed by atoms with Crippen LogP contribution in [0, 0.1) is 5.82 Å². The van der Waals surface area contributed by atoms with Crippen molar-refractivity contribution in [2.24, 2.45) is 5.73 Å². The lowest BCUT2D eigenvalue weighted by Gasteiger charge is -2.28. The van der Waals surface area contributed by atoms with E-state index in [9.17, 15) is 14.0 Å². The maximum Gasteiger partial charge on any atom is 0.414 e. The smallest absolute Gasteiger partial charge is 0.414 e. The Morgan fingerprint density at radius 3 is 2.77 bits per heavy atom. The first-order chi connectivity index (χ1) is 15.0. The summed E-state index contributed by atoms with van der Waals surface area (Å²) in [6.07, 6.45) is 0.706. The fourth-order valence-corrected chi connectivity index (χ4v) is 4.02. The van der Waals surface area contributed by atoms with E-state index < -0.39 is 11.9 Å². The predicted octanol–water partition coefficient (Wildman–Crippen LogP) is 0.625. The average molecular weight is 436 g/mol. The Kier molecular flexibility index (Phi) is 6.73. The maximum absolute atomic E-state index is 14.9. The Labute approximate surface area is 180 Å². The highest BCUT2D eigenvalue weighted by molar-refractivity contribution is 5.90. The van der Waals surface area contributed by atoms with Gasteiger partial charge in [-0.05, 0) is 31.0 Å². The number of nitrogens with zero attached hydrogens (tertiary/aromatic N) is 3. The molecule has 0 unspecified atom stereocenters. The van der Waals surface area contributed by atoms with Gasteiger partial charge in [-0.25, -0.2) is 19.4 Å². The summed E-state index contributed by atoms with van der Waals surface area (Å²) in [6.45, 7) is 3.77. The van der Waals surface area contributed by atoms with Crippen molar-refractivity contribution in [1.29, 1.82) is 0 Å². The van der Waals surface area contributed by atoms with Gasteiger partial charge in [0, 0.05) is 45.4 Å². The Bertz CT molecular complexity index is 806. The normalized spacial score (nSPS) is 23.0. The monoisotopic (exact) mass is 436 g/mol. The van der Waals surface area contributed by atoms with Crippen molar-refractivity contribution in [3.63, 3.8) is 0 Å². The Hall–Kier alpha value is -2.63. The van der Waals surface area contributed by atoms with Crippen molar-refractivity contribution in [2.45, 2.75) is 25.0 Å². The molecule has 3 amide bonds. The number of benzene rings is 1. The molecule has 4 N–H and O–H groups in total. The molecule has 1 aromatic carbocycles. The number of nitrogens with two attached hydrogens (primary N) is 1. The zero-order chi connectivity index (χ0) is 21.8. The van der Waals surface area contributed by atoms with Crippen molar-refractivity contribution in [3.8, 4) is 0 Å². The number of rotatable bonds is 4. The molecule has 10 nitrogen and oxygen atoms in total. The van der Waals surface area contributed by atoms with Crippen molar-refractivity contribution in [2.75, 3.05) is 62.3 Å². The van der Waals surface area contributed by atoms with Crippen LogP contribution in [0.5, 0.6) is 0 Å². The highest BCUT2D eigenvalue weighted by Crippen LogP contribution is 2.28. The fourth-order valence-electron chi connectivity index (χ4n) is 4.02. The molecule has 0 aliphatic carbocycles. The summed E-state index contributed by atoms with van der Waals surface area (Å²) >= 11 is 0. The molecule has 3 aliphatic heterocycles. The second-order valence-electron chi connectivity index (χ2n) is 7.87. The van der Waals surface area contributed by atoms with E-state index >= 15 is 0 Å². The Morgan fingerprint density at radius 2 is 2.06 bits per heavy atom. The van der Waals surface area contributed by atoms with Gasteiger partial charge in [0.15, 0.2) is 0 Å². The molecule has 0 aromatic heterocycles. The van der Waals surface area contributed by atoms with Gasteiger partial charge in [0.2, 0.25) is 0 Å². The first-order valence-electron chi connectivity index (χ1n) is 10.7. The van der Waals surface area contributed by atoms with Crippen LogP contribution in [0.4, 0.5) is 25.4 Å². The lowest BCUT2D eigenvalue weighted by Crippen LogP contribution is -2.52. The molecule has 0 bridgehead atoms. The minimum Gasteiger partial charge on any atom is -0.443 e.